The van der Waals surface area contributed by atoms with Gasteiger partial charge >= 0.3 is 6.18 Å². The minimum atomic E-state index is -4.29. The molecule has 3 aromatic heterocycles. The highest BCUT2D eigenvalue weighted by Crippen LogP contribution is 2.55. The highest BCUT2D eigenvalue weighted by molar-refractivity contribution is 6.29. The predicted octanol–water partition coefficient (Wildman–Crippen LogP) is 4.57. The van der Waals surface area contributed by atoms with Gasteiger partial charge in [0, 0.05) is 18.0 Å². The van der Waals surface area contributed by atoms with Crippen LogP contribution in [-0.2, 0) is 6.54 Å². The van der Waals surface area contributed by atoms with Crippen molar-refractivity contribution in [1.29, 1.82) is 0 Å². The first-order valence-corrected chi connectivity index (χ1v) is 8.78. The maximum absolute atomic E-state index is 12.8. The molecule has 0 unspecified atom stereocenters. The normalized spacial score (nSPS) is 19.9. The van der Waals surface area contributed by atoms with E-state index in [1.54, 1.807) is 23.0 Å². The first-order valence-electron chi connectivity index (χ1n) is 8.40. The van der Waals surface area contributed by atoms with Crippen molar-refractivity contribution in [2.75, 3.05) is 0 Å². The van der Waals surface area contributed by atoms with Crippen molar-refractivity contribution in [1.82, 2.24) is 24.1 Å². The number of fused-ring (bicyclic) bond motifs is 2. The van der Waals surface area contributed by atoms with E-state index < -0.39 is 12.7 Å². The lowest BCUT2D eigenvalue weighted by Gasteiger charge is -2.09. The molecule has 0 bridgehead atoms. The highest BCUT2D eigenvalue weighted by atomic mass is 35.5. The second-order valence-electron chi connectivity index (χ2n) is 6.80. The first kappa shape index (κ1) is 16.6. The third-order valence-corrected chi connectivity index (χ3v) is 5.16. The molecular weight excluding hydrogens is 379 g/mol. The van der Waals surface area contributed by atoms with Crippen LogP contribution in [0.2, 0.25) is 5.15 Å². The SMILES string of the molecule is FC(F)(F)Cn1cnc2ccc([C@H]3C[C@@H]3c3cc(Cl)nn4ccnc34)cc21. The number of alkyl halides is 3. The van der Waals surface area contributed by atoms with Crippen LogP contribution in [-0.4, -0.2) is 30.3 Å². The molecule has 1 aromatic carbocycles. The molecule has 0 aliphatic heterocycles. The van der Waals surface area contributed by atoms with Gasteiger partial charge in [-0.3, -0.25) is 0 Å². The van der Waals surface area contributed by atoms with Crippen molar-refractivity contribution >= 4 is 28.3 Å². The van der Waals surface area contributed by atoms with Crippen molar-refractivity contribution in [2.24, 2.45) is 0 Å². The number of benzene rings is 1. The molecule has 27 heavy (non-hydrogen) atoms. The molecule has 2 atom stereocenters. The number of nitrogens with zero attached hydrogens (tertiary/aromatic N) is 5. The smallest absolute Gasteiger partial charge is 0.321 e. The van der Waals surface area contributed by atoms with E-state index >= 15 is 0 Å². The van der Waals surface area contributed by atoms with E-state index in [2.05, 4.69) is 15.1 Å². The lowest BCUT2D eigenvalue weighted by molar-refractivity contribution is -0.139. The fourth-order valence-corrected chi connectivity index (χ4v) is 3.91. The summed E-state index contributed by atoms with van der Waals surface area (Å²) >= 11 is 6.11. The van der Waals surface area contributed by atoms with E-state index in [1.807, 2.05) is 18.2 Å². The summed E-state index contributed by atoms with van der Waals surface area (Å²) in [6, 6.07) is 7.34. The molecule has 0 radical (unpaired) electrons. The molecule has 5 rings (SSSR count). The van der Waals surface area contributed by atoms with Crippen molar-refractivity contribution in [3.05, 3.63) is 59.3 Å². The van der Waals surface area contributed by atoms with Gasteiger partial charge in [-0.05, 0) is 42.0 Å². The van der Waals surface area contributed by atoms with Crippen molar-refractivity contribution in [3.63, 3.8) is 0 Å². The molecule has 1 aliphatic rings. The van der Waals surface area contributed by atoms with E-state index in [4.69, 9.17) is 11.6 Å². The number of hydrogen-bond acceptors (Lipinski definition) is 3. The van der Waals surface area contributed by atoms with Crippen LogP contribution in [0.4, 0.5) is 13.2 Å². The zero-order valence-electron chi connectivity index (χ0n) is 13.9. The fraction of sp³-hybridized carbons (Fsp3) is 0.278. The molecule has 0 amide bonds. The third kappa shape index (κ3) is 2.93. The third-order valence-electron chi connectivity index (χ3n) is 4.97. The van der Waals surface area contributed by atoms with Gasteiger partial charge in [-0.25, -0.2) is 14.5 Å². The monoisotopic (exact) mass is 391 g/mol. The van der Waals surface area contributed by atoms with Gasteiger partial charge in [-0.15, -0.1) is 0 Å². The number of rotatable bonds is 3. The van der Waals surface area contributed by atoms with E-state index in [-0.39, 0.29) is 11.8 Å². The highest BCUT2D eigenvalue weighted by Gasteiger charge is 2.41. The van der Waals surface area contributed by atoms with E-state index in [9.17, 15) is 13.2 Å². The Kier molecular flexibility index (Phi) is 3.49. The molecule has 3 heterocycles. The van der Waals surface area contributed by atoms with Gasteiger partial charge in [0.05, 0.1) is 17.4 Å². The van der Waals surface area contributed by atoms with Crippen LogP contribution in [0.15, 0.2) is 43.0 Å². The number of imidazole rings is 2. The van der Waals surface area contributed by atoms with Crippen LogP contribution in [0.1, 0.15) is 29.4 Å². The zero-order chi connectivity index (χ0) is 18.8. The van der Waals surface area contributed by atoms with Crippen LogP contribution in [0.25, 0.3) is 16.7 Å². The van der Waals surface area contributed by atoms with Crippen LogP contribution in [0, 0.1) is 0 Å². The molecule has 9 heteroatoms. The zero-order valence-corrected chi connectivity index (χ0v) is 14.6. The summed E-state index contributed by atoms with van der Waals surface area (Å²) in [5.74, 6) is 0.425. The molecule has 0 spiro atoms. The molecule has 1 aliphatic carbocycles. The summed E-state index contributed by atoms with van der Waals surface area (Å²) in [6.07, 6.45) is 1.25. The van der Waals surface area contributed by atoms with Crippen molar-refractivity contribution in [2.45, 2.75) is 31.0 Å². The molecule has 5 nitrogen and oxygen atoms in total. The predicted molar refractivity (Wildman–Crippen MR) is 93.9 cm³/mol. The topological polar surface area (TPSA) is 48.0 Å². The second-order valence-corrected chi connectivity index (χ2v) is 7.19. The Morgan fingerprint density at radius 1 is 1.15 bits per heavy atom. The number of halogens is 4. The summed E-state index contributed by atoms with van der Waals surface area (Å²) in [7, 11) is 0. The molecule has 1 saturated carbocycles. The van der Waals surface area contributed by atoms with Gasteiger partial charge in [0.2, 0.25) is 0 Å². The van der Waals surface area contributed by atoms with Gasteiger partial charge in [0.1, 0.15) is 11.7 Å². The largest absolute Gasteiger partial charge is 0.406 e. The van der Waals surface area contributed by atoms with E-state index in [1.165, 1.54) is 6.33 Å². The molecule has 4 aromatic rings. The Bertz CT molecular complexity index is 1160. The molecule has 0 N–H and O–H groups in total. The Hall–Kier alpha value is -2.61. The summed E-state index contributed by atoms with van der Waals surface area (Å²) in [5, 5.41) is 4.57. The molecular formula is C18H13ClF3N5. The minimum Gasteiger partial charge on any atom is -0.321 e. The Morgan fingerprint density at radius 2 is 2.00 bits per heavy atom. The van der Waals surface area contributed by atoms with Crippen LogP contribution in [0.5, 0.6) is 0 Å². The first-order chi connectivity index (χ1) is 12.9. The maximum Gasteiger partial charge on any atom is 0.406 e. The van der Waals surface area contributed by atoms with Gasteiger partial charge in [-0.2, -0.15) is 18.3 Å². The summed E-state index contributed by atoms with van der Waals surface area (Å²) in [6.45, 7) is -1.05. The van der Waals surface area contributed by atoms with Crippen molar-refractivity contribution < 1.29 is 13.2 Å². The average molecular weight is 392 g/mol. The van der Waals surface area contributed by atoms with Gasteiger partial charge < -0.3 is 4.57 Å². The number of hydrogen-bond donors (Lipinski definition) is 0. The fourth-order valence-electron chi connectivity index (χ4n) is 3.71. The summed E-state index contributed by atoms with van der Waals surface area (Å²) in [4.78, 5) is 8.42. The maximum atomic E-state index is 12.8. The molecule has 138 valence electrons. The second kappa shape index (κ2) is 5.69. The summed E-state index contributed by atoms with van der Waals surface area (Å²) < 4.78 is 41.1. The lowest BCUT2D eigenvalue weighted by Crippen LogP contribution is -2.16. The quantitative estimate of drug-likeness (QED) is 0.514. The average Bonchev–Trinajstić information content (AvgIpc) is 3.10. The van der Waals surface area contributed by atoms with Crippen LogP contribution < -0.4 is 0 Å². The minimum absolute atomic E-state index is 0.211. The van der Waals surface area contributed by atoms with E-state index in [0.29, 0.717) is 16.2 Å². The van der Waals surface area contributed by atoms with Gasteiger partial charge in [0.25, 0.3) is 0 Å². The molecule has 1 fully saturated rings. The van der Waals surface area contributed by atoms with Crippen molar-refractivity contribution in [3.8, 4) is 0 Å². The lowest BCUT2D eigenvalue weighted by atomic mass is 10.0. The number of aromatic nitrogens is 5. The standard InChI is InChI=1S/C18H13ClF3N5/c19-16-7-13(17-23-3-4-27(17)25-16)12-6-11(12)10-1-2-14-15(5-10)26(9-24-14)8-18(20,21)22/h1-5,7,9,11-12H,6,8H2/t11-,12+/m1/s1. The van der Waals surface area contributed by atoms with E-state index in [0.717, 1.165) is 27.8 Å². The Balaban J connectivity index is 1.50. The van der Waals surface area contributed by atoms with Crippen LogP contribution in [0.3, 0.4) is 0 Å². The Labute approximate surface area is 156 Å². The van der Waals surface area contributed by atoms with Gasteiger partial charge in [0.15, 0.2) is 5.65 Å². The van der Waals surface area contributed by atoms with Gasteiger partial charge in [-0.1, -0.05) is 17.7 Å². The summed E-state index contributed by atoms with van der Waals surface area (Å²) in [5.41, 5.74) is 3.81. The molecule has 0 saturated heterocycles. The van der Waals surface area contributed by atoms with Crippen LogP contribution >= 0.6 is 11.6 Å². The Morgan fingerprint density at radius 3 is 2.81 bits per heavy atom.